The molecule has 4 heteroatoms. The normalized spacial score (nSPS) is 30.2. The van der Waals surface area contributed by atoms with Crippen LogP contribution in [0.4, 0.5) is 0 Å². The van der Waals surface area contributed by atoms with E-state index in [0.717, 1.165) is 32.7 Å². The second-order valence-electron chi connectivity index (χ2n) is 5.14. The van der Waals surface area contributed by atoms with Gasteiger partial charge in [-0.25, -0.2) is 0 Å². The average Bonchev–Trinajstić information content (AvgIpc) is 2.96. The lowest BCUT2D eigenvalue weighted by Gasteiger charge is -2.16. The summed E-state index contributed by atoms with van der Waals surface area (Å²) in [6.07, 6.45) is 5.76. The zero-order chi connectivity index (χ0) is 11.9. The van der Waals surface area contributed by atoms with Crippen molar-refractivity contribution in [1.82, 2.24) is 10.2 Å². The van der Waals surface area contributed by atoms with Crippen LogP contribution < -0.4 is 5.32 Å². The van der Waals surface area contributed by atoms with Gasteiger partial charge in [0.05, 0.1) is 25.4 Å². The zero-order valence-corrected chi connectivity index (χ0v) is 11.0. The Hall–Kier alpha value is -0.160. The third-order valence-corrected chi connectivity index (χ3v) is 3.68. The third-order valence-electron chi connectivity index (χ3n) is 3.68. The van der Waals surface area contributed by atoms with Crippen LogP contribution in [0.3, 0.4) is 0 Å². The summed E-state index contributed by atoms with van der Waals surface area (Å²) in [5, 5.41) is 3.16. The maximum atomic E-state index is 5.87. The highest BCUT2D eigenvalue weighted by atomic mass is 16.5. The second-order valence-corrected chi connectivity index (χ2v) is 5.14. The molecule has 2 atom stereocenters. The Morgan fingerprint density at radius 1 is 1.24 bits per heavy atom. The topological polar surface area (TPSA) is 33.7 Å². The van der Waals surface area contributed by atoms with Crippen molar-refractivity contribution in [1.29, 1.82) is 0 Å². The van der Waals surface area contributed by atoms with Gasteiger partial charge in [0.2, 0.25) is 0 Å². The molecule has 100 valence electrons. The Bertz CT molecular complexity index is 208. The summed E-state index contributed by atoms with van der Waals surface area (Å²) in [6, 6.07) is 0. The predicted molar refractivity (Wildman–Crippen MR) is 68.3 cm³/mol. The summed E-state index contributed by atoms with van der Waals surface area (Å²) < 4.78 is 11.6. The molecule has 1 N–H and O–H groups in total. The first-order valence-electron chi connectivity index (χ1n) is 6.98. The Morgan fingerprint density at radius 2 is 2.00 bits per heavy atom. The van der Waals surface area contributed by atoms with Crippen LogP contribution in [0.15, 0.2) is 0 Å². The van der Waals surface area contributed by atoms with Crippen LogP contribution in [0, 0.1) is 0 Å². The van der Waals surface area contributed by atoms with Crippen molar-refractivity contribution in [3.63, 3.8) is 0 Å². The van der Waals surface area contributed by atoms with E-state index in [9.17, 15) is 0 Å². The Labute approximate surface area is 105 Å². The standard InChI is InChI=1S/C13H26N2O2/c1-14-10-12-4-5-13(17-12)11-16-9-8-15-6-2-3-7-15/h12-14H,2-11H2,1H3. The molecule has 2 fully saturated rings. The third kappa shape index (κ3) is 4.54. The van der Waals surface area contributed by atoms with E-state index in [-0.39, 0.29) is 0 Å². The van der Waals surface area contributed by atoms with E-state index in [0.29, 0.717) is 12.2 Å². The highest BCUT2D eigenvalue weighted by Gasteiger charge is 2.24. The number of hydrogen-bond donors (Lipinski definition) is 1. The lowest BCUT2D eigenvalue weighted by Crippen LogP contribution is -2.27. The van der Waals surface area contributed by atoms with Crippen LogP contribution in [0.1, 0.15) is 25.7 Å². The van der Waals surface area contributed by atoms with Crippen LogP contribution in [-0.4, -0.2) is 63.5 Å². The van der Waals surface area contributed by atoms with Gasteiger partial charge in [-0.3, -0.25) is 0 Å². The van der Waals surface area contributed by atoms with E-state index in [4.69, 9.17) is 9.47 Å². The highest BCUT2D eigenvalue weighted by Crippen LogP contribution is 2.19. The van der Waals surface area contributed by atoms with E-state index in [1.54, 1.807) is 0 Å². The second kappa shape index (κ2) is 7.31. The number of hydrogen-bond acceptors (Lipinski definition) is 4. The van der Waals surface area contributed by atoms with Crippen LogP contribution in [0.25, 0.3) is 0 Å². The molecule has 2 saturated heterocycles. The molecule has 17 heavy (non-hydrogen) atoms. The molecule has 0 radical (unpaired) electrons. The van der Waals surface area contributed by atoms with Gasteiger partial charge >= 0.3 is 0 Å². The van der Waals surface area contributed by atoms with Crippen molar-refractivity contribution in [2.24, 2.45) is 0 Å². The lowest BCUT2D eigenvalue weighted by molar-refractivity contribution is -0.0168. The summed E-state index contributed by atoms with van der Waals surface area (Å²) >= 11 is 0. The highest BCUT2D eigenvalue weighted by molar-refractivity contribution is 4.74. The first-order valence-corrected chi connectivity index (χ1v) is 6.98. The Morgan fingerprint density at radius 3 is 2.76 bits per heavy atom. The van der Waals surface area contributed by atoms with Gasteiger partial charge in [0.1, 0.15) is 0 Å². The Kier molecular flexibility index (Phi) is 5.71. The number of likely N-dealkylation sites (tertiary alicyclic amines) is 1. The van der Waals surface area contributed by atoms with E-state index in [1.165, 1.54) is 32.4 Å². The van der Waals surface area contributed by atoms with Gasteiger partial charge in [-0.2, -0.15) is 0 Å². The molecule has 0 aromatic heterocycles. The zero-order valence-electron chi connectivity index (χ0n) is 11.0. The quantitative estimate of drug-likeness (QED) is 0.672. The molecule has 2 aliphatic heterocycles. The van der Waals surface area contributed by atoms with E-state index in [1.807, 2.05) is 7.05 Å². The summed E-state index contributed by atoms with van der Waals surface area (Å²) in [5.41, 5.74) is 0. The molecule has 2 rings (SSSR count). The first kappa shape index (κ1) is 13.3. The lowest BCUT2D eigenvalue weighted by atomic mass is 10.2. The average molecular weight is 242 g/mol. The molecule has 4 nitrogen and oxygen atoms in total. The number of nitrogens with zero attached hydrogens (tertiary/aromatic N) is 1. The summed E-state index contributed by atoms with van der Waals surface area (Å²) in [7, 11) is 1.98. The van der Waals surface area contributed by atoms with Crippen LogP contribution >= 0.6 is 0 Å². The predicted octanol–water partition coefficient (Wildman–Crippen LogP) is 0.866. The minimum atomic E-state index is 0.326. The molecular weight excluding hydrogens is 216 g/mol. The van der Waals surface area contributed by atoms with Crippen LogP contribution in [-0.2, 0) is 9.47 Å². The minimum absolute atomic E-state index is 0.326. The fourth-order valence-corrected chi connectivity index (χ4v) is 2.70. The largest absolute Gasteiger partial charge is 0.377 e. The van der Waals surface area contributed by atoms with E-state index < -0.39 is 0 Å². The molecule has 0 saturated carbocycles. The first-order chi connectivity index (χ1) is 8.38. The molecule has 0 bridgehead atoms. The van der Waals surface area contributed by atoms with Crippen molar-refractivity contribution >= 4 is 0 Å². The van der Waals surface area contributed by atoms with Gasteiger partial charge in [-0.1, -0.05) is 0 Å². The number of ether oxygens (including phenoxy) is 2. The van der Waals surface area contributed by atoms with Crippen molar-refractivity contribution in [2.75, 3.05) is 46.4 Å². The fraction of sp³-hybridized carbons (Fsp3) is 1.00. The fourth-order valence-electron chi connectivity index (χ4n) is 2.70. The summed E-state index contributed by atoms with van der Waals surface area (Å²) in [5.74, 6) is 0. The van der Waals surface area contributed by atoms with Crippen LogP contribution in [0.5, 0.6) is 0 Å². The number of nitrogens with one attached hydrogen (secondary N) is 1. The smallest absolute Gasteiger partial charge is 0.0813 e. The van der Waals surface area contributed by atoms with Gasteiger partial charge in [-0.05, 0) is 45.8 Å². The molecule has 0 aliphatic carbocycles. The van der Waals surface area contributed by atoms with Gasteiger partial charge < -0.3 is 19.7 Å². The maximum absolute atomic E-state index is 5.87. The molecule has 0 aromatic carbocycles. The van der Waals surface area contributed by atoms with Crippen LogP contribution in [0.2, 0.25) is 0 Å². The molecule has 0 amide bonds. The number of likely N-dealkylation sites (N-methyl/N-ethyl adjacent to an activating group) is 1. The van der Waals surface area contributed by atoms with Crippen molar-refractivity contribution < 1.29 is 9.47 Å². The molecular formula is C13H26N2O2. The molecule has 0 spiro atoms. The van der Waals surface area contributed by atoms with E-state index >= 15 is 0 Å². The van der Waals surface area contributed by atoms with Crippen molar-refractivity contribution in [3.05, 3.63) is 0 Å². The van der Waals surface area contributed by atoms with Gasteiger partial charge in [0, 0.05) is 13.1 Å². The molecule has 2 heterocycles. The monoisotopic (exact) mass is 242 g/mol. The number of rotatable bonds is 7. The van der Waals surface area contributed by atoms with Gasteiger partial charge in [-0.15, -0.1) is 0 Å². The molecule has 2 aliphatic rings. The maximum Gasteiger partial charge on any atom is 0.0813 e. The summed E-state index contributed by atoms with van der Waals surface area (Å²) in [6.45, 7) is 6.20. The molecule has 2 unspecified atom stereocenters. The SMILES string of the molecule is CNCC1CCC(COCCN2CCCC2)O1. The van der Waals surface area contributed by atoms with Crippen molar-refractivity contribution in [3.8, 4) is 0 Å². The van der Waals surface area contributed by atoms with Gasteiger partial charge in [0.25, 0.3) is 0 Å². The molecule has 0 aromatic rings. The van der Waals surface area contributed by atoms with E-state index in [2.05, 4.69) is 10.2 Å². The van der Waals surface area contributed by atoms with Crippen molar-refractivity contribution in [2.45, 2.75) is 37.9 Å². The summed E-state index contributed by atoms with van der Waals surface area (Å²) in [4.78, 5) is 2.49. The Balaban J connectivity index is 1.48. The van der Waals surface area contributed by atoms with Gasteiger partial charge in [0.15, 0.2) is 0 Å². The minimum Gasteiger partial charge on any atom is -0.377 e.